The van der Waals surface area contributed by atoms with Gasteiger partial charge in [0.1, 0.15) is 0 Å². The van der Waals surface area contributed by atoms with E-state index in [1.165, 1.54) is 4.70 Å². The molecule has 0 saturated carbocycles. The summed E-state index contributed by atoms with van der Waals surface area (Å²) in [5.41, 5.74) is 2.92. The smallest absolute Gasteiger partial charge is 0.262 e. The summed E-state index contributed by atoms with van der Waals surface area (Å²) in [6.07, 6.45) is 8.12. The quantitative estimate of drug-likeness (QED) is 0.761. The number of anilines is 1. The molecule has 0 unspecified atom stereocenters. The number of allylic oxidation sites excluding steroid dienone is 1. The number of fused-ring (bicyclic) bond motifs is 2. The highest BCUT2D eigenvalue weighted by Gasteiger charge is 2.23. The van der Waals surface area contributed by atoms with Crippen LogP contribution in [-0.4, -0.2) is 27.4 Å². The first kappa shape index (κ1) is 15.1. The van der Waals surface area contributed by atoms with E-state index in [1.807, 2.05) is 12.3 Å². The maximum atomic E-state index is 12.9. The number of nitrogens with zero attached hydrogens (tertiary/aromatic N) is 3. The number of hydrogen-bond donors (Lipinski definition) is 1. The Morgan fingerprint density at radius 2 is 2.25 bits per heavy atom. The molecule has 0 saturated heterocycles. The zero-order chi connectivity index (χ0) is 16.7. The number of alkyl halides is 2. The van der Waals surface area contributed by atoms with Crippen LogP contribution in [0.15, 0.2) is 36.8 Å². The van der Waals surface area contributed by atoms with Crippen LogP contribution in [0.25, 0.3) is 15.7 Å². The molecular formula is C17H16F2N4S. The van der Waals surface area contributed by atoms with Gasteiger partial charge in [-0.05, 0) is 17.7 Å². The molecule has 0 radical (unpaired) electrons. The predicted molar refractivity (Wildman–Crippen MR) is 93.7 cm³/mol. The monoisotopic (exact) mass is 346 g/mol. The van der Waals surface area contributed by atoms with Gasteiger partial charge in [0.2, 0.25) is 5.95 Å². The van der Waals surface area contributed by atoms with Gasteiger partial charge in [-0.15, -0.1) is 11.3 Å². The Kier molecular flexibility index (Phi) is 3.53. The molecule has 124 valence electrons. The minimum atomic E-state index is -2.79. The molecular weight excluding hydrogens is 330 g/mol. The largest absolute Gasteiger partial charge is 0.348 e. The van der Waals surface area contributed by atoms with Gasteiger partial charge in [-0.2, -0.15) is 0 Å². The molecule has 7 heteroatoms. The first-order chi connectivity index (χ1) is 11.5. The Labute approximate surface area is 142 Å². The number of halogens is 2. The van der Waals surface area contributed by atoms with E-state index in [4.69, 9.17) is 0 Å². The second-order valence-corrected chi connectivity index (χ2v) is 6.91. The third-order valence-electron chi connectivity index (χ3n) is 3.80. The van der Waals surface area contributed by atoms with Gasteiger partial charge >= 0.3 is 0 Å². The standard InChI is InChI=1S/C17H14F2N4S.H2/c1-17(18,19)9-22-16-21-8-12-11(2-3-13(12)23-16)15-6-10-7-20-5-4-14(10)24-15;/h2,4-8H,3,9H2,1H3,(H,21,22,23);1H. The van der Waals surface area contributed by atoms with Crippen LogP contribution >= 0.6 is 11.3 Å². The van der Waals surface area contributed by atoms with Crippen molar-refractivity contribution < 1.29 is 10.2 Å². The van der Waals surface area contributed by atoms with Crippen molar-refractivity contribution >= 4 is 32.9 Å². The van der Waals surface area contributed by atoms with Gasteiger partial charge in [-0.3, -0.25) is 4.98 Å². The third kappa shape index (κ3) is 2.87. The van der Waals surface area contributed by atoms with Crippen molar-refractivity contribution in [2.75, 3.05) is 11.9 Å². The molecule has 0 aliphatic heterocycles. The normalized spacial score (nSPS) is 13.9. The van der Waals surface area contributed by atoms with Crippen molar-refractivity contribution in [2.24, 2.45) is 0 Å². The topological polar surface area (TPSA) is 50.7 Å². The van der Waals surface area contributed by atoms with E-state index in [-0.39, 0.29) is 7.37 Å². The molecule has 3 aromatic rings. The van der Waals surface area contributed by atoms with Gasteiger partial charge in [0.15, 0.2) is 0 Å². The summed E-state index contributed by atoms with van der Waals surface area (Å²) in [5.74, 6) is -2.55. The summed E-state index contributed by atoms with van der Waals surface area (Å²) < 4.78 is 27.0. The van der Waals surface area contributed by atoms with Gasteiger partial charge < -0.3 is 5.32 Å². The molecule has 0 amide bonds. The van der Waals surface area contributed by atoms with Gasteiger partial charge in [0.05, 0.1) is 12.2 Å². The number of thiophene rings is 1. The van der Waals surface area contributed by atoms with E-state index in [1.54, 1.807) is 23.7 Å². The first-order valence-corrected chi connectivity index (χ1v) is 8.33. The van der Waals surface area contributed by atoms with Gasteiger partial charge in [-0.25, -0.2) is 18.7 Å². The maximum absolute atomic E-state index is 12.9. The number of aromatic nitrogens is 3. The Morgan fingerprint density at radius 3 is 3.04 bits per heavy atom. The molecule has 4 nitrogen and oxygen atoms in total. The molecule has 24 heavy (non-hydrogen) atoms. The highest BCUT2D eigenvalue weighted by molar-refractivity contribution is 7.20. The van der Waals surface area contributed by atoms with Crippen LogP contribution in [0.5, 0.6) is 0 Å². The molecule has 1 N–H and O–H groups in total. The van der Waals surface area contributed by atoms with E-state index in [9.17, 15) is 8.78 Å². The fourth-order valence-electron chi connectivity index (χ4n) is 2.68. The van der Waals surface area contributed by atoms with E-state index in [2.05, 4.69) is 32.4 Å². The van der Waals surface area contributed by atoms with Crippen LogP contribution in [-0.2, 0) is 6.42 Å². The Balaban J connectivity index is 0.00000182. The lowest BCUT2D eigenvalue weighted by atomic mass is 10.1. The molecule has 0 bridgehead atoms. The Morgan fingerprint density at radius 1 is 1.38 bits per heavy atom. The fraction of sp³-hybridized carbons (Fsp3) is 0.235. The number of hydrogen-bond acceptors (Lipinski definition) is 5. The molecule has 3 aromatic heterocycles. The molecule has 1 aliphatic rings. The molecule has 3 heterocycles. The van der Waals surface area contributed by atoms with Gasteiger partial charge in [0, 0.05) is 53.9 Å². The van der Waals surface area contributed by atoms with E-state index in [0.29, 0.717) is 6.42 Å². The lowest BCUT2D eigenvalue weighted by Gasteiger charge is -2.12. The summed E-state index contributed by atoms with van der Waals surface area (Å²) in [6.45, 7) is 0.388. The van der Waals surface area contributed by atoms with Crippen molar-refractivity contribution in [1.82, 2.24) is 15.0 Å². The zero-order valence-electron chi connectivity index (χ0n) is 12.9. The van der Waals surface area contributed by atoms with Crippen molar-refractivity contribution in [3.63, 3.8) is 0 Å². The van der Waals surface area contributed by atoms with E-state index < -0.39 is 12.5 Å². The van der Waals surface area contributed by atoms with Crippen molar-refractivity contribution in [3.05, 3.63) is 52.9 Å². The van der Waals surface area contributed by atoms with Crippen molar-refractivity contribution in [1.29, 1.82) is 0 Å². The minimum Gasteiger partial charge on any atom is -0.348 e. The molecule has 0 atom stereocenters. The molecule has 4 rings (SSSR count). The maximum Gasteiger partial charge on any atom is 0.262 e. The summed E-state index contributed by atoms with van der Waals surface area (Å²) in [7, 11) is 0. The number of rotatable bonds is 4. The fourth-order valence-corrected chi connectivity index (χ4v) is 3.76. The average molecular weight is 346 g/mol. The van der Waals surface area contributed by atoms with Gasteiger partial charge in [-0.1, -0.05) is 6.08 Å². The molecule has 0 aromatic carbocycles. The van der Waals surface area contributed by atoms with E-state index in [0.717, 1.165) is 34.0 Å². The van der Waals surface area contributed by atoms with Crippen LogP contribution in [0.3, 0.4) is 0 Å². The average Bonchev–Trinajstić information content (AvgIpc) is 3.15. The number of nitrogens with one attached hydrogen (secondary N) is 1. The van der Waals surface area contributed by atoms with Crippen molar-refractivity contribution in [2.45, 2.75) is 19.3 Å². The lowest BCUT2D eigenvalue weighted by molar-refractivity contribution is 0.0366. The summed E-state index contributed by atoms with van der Waals surface area (Å²) in [5, 5.41) is 3.70. The second kappa shape index (κ2) is 5.59. The van der Waals surface area contributed by atoms with Crippen LogP contribution < -0.4 is 5.32 Å². The summed E-state index contributed by atoms with van der Waals surface area (Å²) in [4.78, 5) is 13.8. The first-order valence-electron chi connectivity index (χ1n) is 7.52. The Bertz CT molecular complexity index is 916. The van der Waals surface area contributed by atoms with Crippen LogP contribution in [0.1, 0.15) is 24.5 Å². The third-order valence-corrected chi connectivity index (χ3v) is 4.95. The molecule has 1 aliphatic carbocycles. The van der Waals surface area contributed by atoms with E-state index >= 15 is 0 Å². The van der Waals surface area contributed by atoms with Crippen LogP contribution in [0, 0.1) is 0 Å². The minimum absolute atomic E-state index is 0. The Hall–Kier alpha value is -2.41. The summed E-state index contributed by atoms with van der Waals surface area (Å²) >= 11 is 1.70. The highest BCUT2D eigenvalue weighted by Crippen LogP contribution is 2.37. The van der Waals surface area contributed by atoms with Crippen LogP contribution in [0.4, 0.5) is 14.7 Å². The zero-order valence-corrected chi connectivity index (χ0v) is 13.7. The number of pyridine rings is 1. The summed E-state index contributed by atoms with van der Waals surface area (Å²) in [6, 6.07) is 4.10. The van der Waals surface area contributed by atoms with Crippen LogP contribution in [0.2, 0.25) is 0 Å². The SMILES string of the molecule is CC(F)(F)CNc1ncc2c(n1)CC=C2c1cc2cnccc2s1.[HH]. The molecule has 0 fully saturated rings. The van der Waals surface area contributed by atoms with Crippen molar-refractivity contribution in [3.8, 4) is 0 Å². The lowest BCUT2D eigenvalue weighted by Crippen LogP contribution is -2.24. The second-order valence-electron chi connectivity index (χ2n) is 5.82. The predicted octanol–water partition coefficient (Wildman–Crippen LogP) is 4.39. The highest BCUT2D eigenvalue weighted by atomic mass is 32.1. The van der Waals surface area contributed by atoms with Gasteiger partial charge in [0.25, 0.3) is 5.92 Å². The molecule has 0 spiro atoms.